The first-order valence-corrected chi connectivity index (χ1v) is 9.25. The lowest BCUT2D eigenvalue weighted by atomic mass is 10.0. The zero-order valence-electron chi connectivity index (χ0n) is 16.6. The number of hydrogen-bond donors (Lipinski definition) is 1. The summed E-state index contributed by atoms with van der Waals surface area (Å²) in [6, 6.07) is 14.3. The summed E-state index contributed by atoms with van der Waals surface area (Å²) in [4.78, 5) is 22.5. The van der Waals surface area contributed by atoms with Crippen LogP contribution in [0.5, 0.6) is 5.75 Å². The van der Waals surface area contributed by atoms with Crippen molar-refractivity contribution in [1.29, 1.82) is 0 Å². The smallest absolute Gasteiger partial charge is 0.406 e. The molecule has 1 atom stereocenters. The van der Waals surface area contributed by atoms with E-state index in [4.69, 9.17) is 0 Å². The molecule has 1 heterocycles. The SMILES string of the molecule is CC(C(=O)NN=Cc1cccn1-c1ccc(OC(F)(F)F)cc1)c1ccc([N+](=O)[O-])cc1. The zero-order valence-corrected chi connectivity index (χ0v) is 16.6. The maximum absolute atomic E-state index is 12.3. The molecular weight excluding hydrogens is 429 g/mol. The number of alkyl halides is 3. The average molecular weight is 446 g/mol. The summed E-state index contributed by atoms with van der Waals surface area (Å²) in [6.07, 6.45) is -1.69. The molecule has 0 aliphatic rings. The molecule has 0 bridgehead atoms. The van der Waals surface area contributed by atoms with Gasteiger partial charge in [0, 0.05) is 24.0 Å². The summed E-state index contributed by atoms with van der Waals surface area (Å²) in [6.45, 7) is 1.64. The molecule has 32 heavy (non-hydrogen) atoms. The summed E-state index contributed by atoms with van der Waals surface area (Å²) in [5.74, 6) is -1.35. The van der Waals surface area contributed by atoms with Crippen LogP contribution in [0.25, 0.3) is 5.69 Å². The minimum Gasteiger partial charge on any atom is -0.406 e. The monoisotopic (exact) mass is 446 g/mol. The maximum atomic E-state index is 12.3. The lowest BCUT2D eigenvalue weighted by Gasteiger charge is -2.11. The number of nitrogens with zero attached hydrogens (tertiary/aromatic N) is 3. The standard InChI is InChI=1S/C21H17F3N4O4/c1-14(15-4-6-17(7-5-15)28(30)31)20(29)26-25-13-18-3-2-12-27(18)16-8-10-19(11-9-16)32-21(22,23)24/h2-14H,1H3,(H,26,29). The van der Waals surface area contributed by atoms with Crippen LogP contribution in [0.15, 0.2) is 72.0 Å². The molecule has 0 spiro atoms. The minimum absolute atomic E-state index is 0.0712. The van der Waals surface area contributed by atoms with E-state index in [1.54, 1.807) is 29.8 Å². The Kier molecular flexibility index (Phi) is 6.57. The molecule has 2 aromatic carbocycles. The van der Waals surface area contributed by atoms with Crippen LogP contribution in [-0.4, -0.2) is 28.0 Å². The second kappa shape index (κ2) is 9.33. The second-order valence-corrected chi connectivity index (χ2v) is 6.65. The summed E-state index contributed by atoms with van der Waals surface area (Å²) in [7, 11) is 0. The maximum Gasteiger partial charge on any atom is 0.573 e. The molecule has 0 radical (unpaired) electrons. The van der Waals surface area contributed by atoms with Crippen molar-refractivity contribution in [2.75, 3.05) is 0 Å². The molecule has 1 N–H and O–H groups in total. The van der Waals surface area contributed by atoms with Gasteiger partial charge < -0.3 is 9.30 Å². The first kappa shape index (κ1) is 22.5. The van der Waals surface area contributed by atoms with Crippen LogP contribution >= 0.6 is 0 Å². The van der Waals surface area contributed by atoms with Gasteiger partial charge in [-0.2, -0.15) is 5.10 Å². The number of amides is 1. The van der Waals surface area contributed by atoms with Crippen LogP contribution in [0, 0.1) is 10.1 Å². The van der Waals surface area contributed by atoms with Crippen molar-refractivity contribution in [2.24, 2.45) is 5.10 Å². The Bertz CT molecular complexity index is 1120. The van der Waals surface area contributed by atoms with Crippen molar-refractivity contribution >= 4 is 17.8 Å². The number of aromatic nitrogens is 1. The van der Waals surface area contributed by atoms with Crippen molar-refractivity contribution in [3.63, 3.8) is 0 Å². The van der Waals surface area contributed by atoms with E-state index in [0.717, 1.165) is 0 Å². The van der Waals surface area contributed by atoms with Crippen LogP contribution in [0.2, 0.25) is 0 Å². The number of nitro benzene ring substituents is 1. The highest BCUT2D eigenvalue weighted by atomic mass is 19.4. The van der Waals surface area contributed by atoms with Crippen molar-refractivity contribution in [3.05, 3.63) is 88.2 Å². The molecular formula is C21H17F3N4O4. The molecule has 0 saturated heterocycles. The van der Waals surface area contributed by atoms with Gasteiger partial charge in [0.1, 0.15) is 5.75 Å². The largest absolute Gasteiger partial charge is 0.573 e. The lowest BCUT2D eigenvalue weighted by molar-refractivity contribution is -0.384. The quantitative estimate of drug-likeness (QED) is 0.327. The van der Waals surface area contributed by atoms with Crippen LogP contribution in [-0.2, 0) is 4.79 Å². The summed E-state index contributed by atoms with van der Waals surface area (Å²) in [5, 5.41) is 14.7. The van der Waals surface area contributed by atoms with Gasteiger partial charge in [-0.3, -0.25) is 14.9 Å². The average Bonchev–Trinajstić information content (AvgIpc) is 3.21. The molecule has 0 aliphatic heterocycles. The van der Waals surface area contributed by atoms with Crippen molar-refractivity contribution in [1.82, 2.24) is 9.99 Å². The number of carbonyl (C=O) groups excluding carboxylic acids is 1. The number of rotatable bonds is 7. The molecule has 1 aromatic heterocycles. The summed E-state index contributed by atoms with van der Waals surface area (Å²) in [5.41, 5.74) is 4.06. The Balaban J connectivity index is 1.65. The Morgan fingerprint density at radius 2 is 1.81 bits per heavy atom. The van der Waals surface area contributed by atoms with E-state index in [2.05, 4.69) is 15.3 Å². The normalized spacial score (nSPS) is 12.5. The van der Waals surface area contributed by atoms with Gasteiger partial charge in [0.05, 0.1) is 22.7 Å². The number of nitrogens with one attached hydrogen (secondary N) is 1. The molecule has 0 fully saturated rings. The zero-order chi connectivity index (χ0) is 23.3. The molecule has 8 nitrogen and oxygen atoms in total. The molecule has 1 unspecified atom stereocenters. The van der Waals surface area contributed by atoms with E-state index < -0.39 is 23.1 Å². The molecule has 11 heteroatoms. The number of ether oxygens (including phenoxy) is 1. The van der Waals surface area contributed by atoms with Gasteiger partial charge in [-0.05, 0) is 48.9 Å². The topological polar surface area (TPSA) is 98.8 Å². The minimum atomic E-state index is -4.77. The molecule has 166 valence electrons. The fourth-order valence-electron chi connectivity index (χ4n) is 2.84. The van der Waals surface area contributed by atoms with Crippen LogP contribution in [0.3, 0.4) is 0 Å². The predicted octanol–water partition coefficient (Wildman–Crippen LogP) is 4.54. The van der Waals surface area contributed by atoms with Crippen molar-refractivity contribution in [2.45, 2.75) is 19.2 Å². The lowest BCUT2D eigenvalue weighted by Crippen LogP contribution is -2.23. The molecule has 0 saturated carbocycles. The summed E-state index contributed by atoms with van der Waals surface area (Å²) < 4.78 is 42.4. The van der Waals surface area contributed by atoms with E-state index in [9.17, 15) is 28.1 Å². The van der Waals surface area contributed by atoms with Gasteiger partial charge in [0.2, 0.25) is 5.91 Å². The van der Waals surface area contributed by atoms with Gasteiger partial charge in [-0.1, -0.05) is 12.1 Å². The molecule has 1 amide bonds. The number of hydrazone groups is 1. The van der Waals surface area contributed by atoms with Gasteiger partial charge in [0.25, 0.3) is 5.69 Å². The second-order valence-electron chi connectivity index (χ2n) is 6.65. The number of nitro groups is 1. The Labute approximate surface area is 180 Å². The van der Waals surface area contributed by atoms with E-state index in [1.165, 1.54) is 54.7 Å². The third-order valence-electron chi connectivity index (χ3n) is 4.50. The predicted molar refractivity (Wildman–Crippen MR) is 110 cm³/mol. The third-order valence-corrected chi connectivity index (χ3v) is 4.50. The molecule has 3 aromatic rings. The van der Waals surface area contributed by atoms with Gasteiger partial charge in [-0.15, -0.1) is 13.2 Å². The summed E-state index contributed by atoms with van der Waals surface area (Å²) >= 11 is 0. The van der Waals surface area contributed by atoms with Crippen LogP contribution < -0.4 is 10.2 Å². The van der Waals surface area contributed by atoms with E-state index in [0.29, 0.717) is 16.9 Å². The Morgan fingerprint density at radius 1 is 1.16 bits per heavy atom. The number of carbonyl (C=O) groups is 1. The Morgan fingerprint density at radius 3 is 2.41 bits per heavy atom. The van der Waals surface area contributed by atoms with Crippen molar-refractivity contribution in [3.8, 4) is 11.4 Å². The van der Waals surface area contributed by atoms with Gasteiger partial charge >= 0.3 is 6.36 Å². The fraction of sp³-hybridized carbons (Fsp3) is 0.143. The fourth-order valence-corrected chi connectivity index (χ4v) is 2.84. The molecule has 0 aliphatic carbocycles. The number of non-ortho nitro benzene ring substituents is 1. The Hall–Kier alpha value is -4.15. The van der Waals surface area contributed by atoms with Gasteiger partial charge in [0.15, 0.2) is 0 Å². The highest BCUT2D eigenvalue weighted by molar-refractivity contribution is 5.85. The van der Waals surface area contributed by atoms with Gasteiger partial charge in [-0.25, -0.2) is 5.43 Å². The number of hydrogen-bond acceptors (Lipinski definition) is 5. The first-order chi connectivity index (χ1) is 15.1. The van der Waals surface area contributed by atoms with E-state index >= 15 is 0 Å². The van der Waals surface area contributed by atoms with E-state index in [1.807, 2.05) is 0 Å². The highest BCUT2D eigenvalue weighted by Gasteiger charge is 2.31. The third kappa shape index (κ3) is 5.72. The van der Waals surface area contributed by atoms with Crippen molar-refractivity contribution < 1.29 is 27.6 Å². The highest BCUT2D eigenvalue weighted by Crippen LogP contribution is 2.24. The first-order valence-electron chi connectivity index (χ1n) is 9.25. The van der Waals surface area contributed by atoms with E-state index in [-0.39, 0.29) is 11.4 Å². The molecule has 3 rings (SSSR count). The number of halogens is 3. The van der Waals surface area contributed by atoms with Crippen LogP contribution in [0.4, 0.5) is 18.9 Å². The number of benzene rings is 2. The van der Waals surface area contributed by atoms with Crippen LogP contribution in [0.1, 0.15) is 24.1 Å².